The molecule has 0 unspecified atom stereocenters. The van der Waals surface area contributed by atoms with Crippen LogP contribution in [0.2, 0.25) is 0 Å². The van der Waals surface area contributed by atoms with Gasteiger partial charge in [-0.3, -0.25) is 9.59 Å². The molecule has 0 aromatic carbocycles. The second-order valence-corrected chi connectivity index (χ2v) is 4.02. The standard InChI is InChI=1S/C12H17NO4/c1-3-12(4-2,7-10(14)15)13-11(16)9-5-6-17-8-9/h5-6,8H,3-4,7H2,1-2H3,(H,13,16)(H,14,15). The highest BCUT2D eigenvalue weighted by Crippen LogP contribution is 2.20. The number of nitrogens with one attached hydrogen (secondary N) is 1. The molecule has 0 bridgehead atoms. The van der Waals surface area contributed by atoms with Crippen LogP contribution in [0.25, 0.3) is 0 Å². The molecule has 1 rings (SSSR count). The van der Waals surface area contributed by atoms with Crippen molar-refractivity contribution in [2.24, 2.45) is 0 Å². The highest BCUT2D eigenvalue weighted by molar-refractivity contribution is 5.94. The molecular weight excluding hydrogens is 222 g/mol. The lowest BCUT2D eigenvalue weighted by Gasteiger charge is -2.31. The summed E-state index contributed by atoms with van der Waals surface area (Å²) in [7, 11) is 0. The minimum absolute atomic E-state index is 0.0798. The number of carboxylic acid groups (broad SMARTS) is 1. The molecule has 0 spiro atoms. The lowest BCUT2D eigenvalue weighted by molar-refractivity contribution is -0.138. The van der Waals surface area contributed by atoms with Crippen molar-refractivity contribution in [3.05, 3.63) is 24.2 Å². The summed E-state index contributed by atoms with van der Waals surface area (Å²) in [5, 5.41) is 11.7. The van der Waals surface area contributed by atoms with Crippen LogP contribution in [0.4, 0.5) is 0 Å². The molecule has 1 heterocycles. The van der Waals surface area contributed by atoms with Crippen molar-refractivity contribution < 1.29 is 19.1 Å². The molecule has 0 aliphatic rings. The molecule has 17 heavy (non-hydrogen) atoms. The van der Waals surface area contributed by atoms with Gasteiger partial charge in [0.25, 0.3) is 5.91 Å². The average molecular weight is 239 g/mol. The van der Waals surface area contributed by atoms with Crippen molar-refractivity contribution in [1.82, 2.24) is 5.32 Å². The number of carboxylic acids is 1. The summed E-state index contributed by atoms with van der Waals surface area (Å²) in [5.74, 6) is -1.22. The van der Waals surface area contributed by atoms with E-state index >= 15 is 0 Å². The van der Waals surface area contributed by atoms with Crippen LogP contribution in [0.5, 0.6) is 0 Å². The minimum Gasteiger partial charge on any atom is -0.481 e. The van der Waals surface area contributed by atoms with Gasteiger partial charge < -0.3 is 14.8 Å². The van der Waals surface area contributed by atoms with Crippen LogP contribution in [0.3, 0.4) is 0 Å². The Labute approximate surface area is 99.8 Å². The van der Waals surface area contributed by atoms with E-state index < -0.39 is 11.5 Å². The maximum Gasteiger partial charge on any atom is 0.305 e. The first-order chi connectivity index (χ1) is 8.03. The van der Waals surface area contributed by atoms with E-state index in [4.69, 9.17) is 9.52 Å². The Morgan fingerprint density at radius 2 is 2.06 bits per heavy atom. The van der Waals surface area contributed by atoms with Gasteiger partial charge in [-0.2, -0.15) is 0 Å². The summed E-state index contributed by atoms with van der Waals surface area (Å²) in [6.07, 6.45) is 3.81. The van der Waals surface area contributed by atoms with Crippen LogP contribution < -0.4 is 5.32 Å². The van der Waals surface area contributed by atoms with Crippen molar-refractivity contribution in [1.29, 1.82) is 0 Å². The maximum atomic E-state index is 11.9. The number of hydrogen-bond donors (Lipinski definition) is 2. The molecule has 0 aliphatic carbocycles. The van der Waals surface area contributed by atoms with E-state index in [-0.39, 0.29) is 12.3 Å². The Morgan fingerprint density at radius 1 is 1.41 bits per heavy atom. The smallest absolute Gasteiger partial charge is 0.305 e. The first-order valence-electron chi connectivity index (χ1n) is 5.59. The molecule has 1 aromatic heterocycles. The lowest BCUT2D eigenvalue weighted by Crippen LogP contribution is -2.49. The first kappa shape index (κ1) is 13.3. The van der Waals surface area contributed by atoms with Gasteiger partial charge >= 0.3 is 5.97 Å². The van der Waals surface area contributed by atoms with Crippen molar-refractivity contribution in [3.8, 4) is 0 Å². The molecule has 5 heteroatoms. The summed E-state index contributed by atoms with van der Waals surface area (Å²) in [6, 6.07) is 1.55. The molecule has 94 valence electrons. The number of hydrogen-bond acceptors (Lipinski definition) is 3. The van der Waals surface area contributed by atoms with E-state index in [0.29, 0.717) is 18.4 Å². The van der Waals surface area contributed by atoms with Crippen molar-refractivity contribution in [2.45, 2.75) is 38.6 Å². The van der Waals surface area contributed by atoms with Crippen molar-refractivity contribution >= 4 is 11.9 Å². The fraction of sp³-hybridized carbons (Fsp3) is 0.500. The van der Waals surface area contributed by atoms with E-state index in [1.54, 1.807) is 6.07 Å². The van der Waals surface area contributed by atoms with Crippen LogP contribution in [-0.2, 0) is 4.79 Å². The highest BCUT2D eigenvalue weighted by Gasteiger charge is 2.31. The third-order valence-electron chi connectivity index (χ3n) is 3.01. The van der Waals surface area contributed by atoms with Crippen LogP contribution >= 0.6 is 0 Å². The number of carbonyl (C=O) groups excluding carboxylic acids is 1. The lowest BCUT2D eigenvalue weighted by atomic mass is 9.88. The molecule has 0 saturated carbocycles. The number of aliphatic carboxylic acids is 1. The monoisotopic (exact) mass is 239 g/mol. The van der Waals surface area contributed by atoms with Crippen molar-refractivity contribution in [2.75, 3.05) is 0 Å². The summed E-state index contributed by atoms with van der Waals surface area (Å²) < 4.78 is 4.82. The van der Waals surface area contributed by atoms with Crippen LogP contribution in [-0.4, -0.2) is 22.5 Å². The predicted molar refractivity (Wildman–Crippen MR) is 61.7 cm³/mol. The fourth-order valence-electron chi connectivity index (χ4n) is 1.72. The van der Waals surface area contributed by atoms with Gasteiger partial charge in [0.05, 0.1) is 23.8 Å². The zero-order valence-electron chi connectivity index (χ0n) is 10.0. The third-order valence-corrected chi connectivity index (χ3v) is 3.01. The quantitative estimate of drug-likeness (QED) is 0.796. The number of rotatable bonds is 6. The second kappa shape index (κ2) is 5.52. The van der Waals surface area contributed by atoms with E-state index in [2.05, 4.69) is 5.32 Å². The van der Waals surface area contributed by atoms with Crippen LogP contribution in [0, 0.1) is 0 Å². The second-order valence-electron chi connectivity index (χ2n) is 4.02. The molecule has 2 N–H and O–H groups in total. The normalized spacial score (nSPS) is 11.2. The SMILES string of the molecule is CCC(CC)(CC(=O)O)NC(=O)c1ccoc1. The molecule has 0 saturated heterocycles. The van der Waals surface area contributed by atoms with E-state index in [0.717, 1.165) is 0 Å². The predicted octanol–water partition coefficient (Wildman–Crippen LogP) is 2.04. The largest absolute Gasteiger partial charge is 0.481 e. The molecule has 0 fully saturated rings. The number of furan rings is 1. The van der Waals surface area contributed by atoms with Crippen LogP contribution in [0.15, 0.2) is 23.0 Å². The molecule has 0 radical (unpaired) electrons. The van der Waals surface area contributed by atoms with E-state index in [1.165, 1.54) is 12.5 Å². The van der Waals surface area contributed by atoms with Gasteiger partial charge in [-0.25, -0.2) is 0 Å². The molecule has 5 nitrogen and oxygen atoms in total. The molecule has 1 amide bonds. The van der Waals surface area contributed by atoms with E-state index in [1.807, 2.05) is 13.8 Å². The zero-order chi connectivity index (χ0) is 12.9. The molecule has 0 aliphatic heterocycles. The zero-order valence-corrected chi connectivity index (χ0v) is 10.0. The molecule has 1 aromatic rings. The number of amides is 1. The fourth-order valence-corrected chi connectivity index (χ4v) is 1.72. The minimum atomic E-state index is -0.916. The summed E-state index contributed by atoms with van der Waals surface area (Å²) in [5.41, 5.74) is -0.290. The third kappa shape index (κ3) is 3.34. The Balaban J connectivity index is 2.79. The summed E-state index contributed by atoms with van der Waals surface area (Å²) in [6.45, 7) is 3.73. The van der Waals surface area contributed by atoms with E-state index in [9.17, 15) is 9.59 Å². The topological polar surface area (TPSA) is 79.5 Å². The Morgan fingerprint density at radius 3 is 2.47 bits per heavy atom. The molecular formula is C12H17NO4. The Bertz CT molecular complexity index is 379. The van der Waals surface area contributed by atoms with Gasteiger partial charge in [-0.05, 0) is 18.9 Å². The van der Waals surface area contributed by atoms with Gasteiger partial charge in [0, 0.05) is 0 Å². The van der Waals surface area contributed by atoms with Gasteiger partial charge in [0.2, 0.25) is 0 Å². The number of carbonyl (C=O) groups is 2. The Kier molecular flexibility index (Phi) is 4.31. The highest BCUT2D eigenvalue weighted by atomic mass is 16.4. The molecule has 0 atom stereocenters. The van der Waals surface area contributed by atoms with Gasteiger partial charge in [0.15, 0.2) is 0 Å². The van der Waals surface area contributed by atoms with Gasteiger partial charge in [-0.1, -0.05) is 13.8 Å². The average Bonchev–Trinajstić information content (AvgIpc) is 2.80. The maximum absolute atomic E-state index is 11.9. The Hall–Kier alpha value is -1.78. The van der Waals surface area contributed by atoms with Gasteiger partial charge in [0.1, 0.15) is 6.26 Å². The van der Waals surface area contributed by atoms with Gasteiger partial charge in [-0.15, -0.1) is 0 Å². The van der Waals surface area contributed by atoms with Crippen molar-refractivity contribution in [3.63, 3.8) is 0 Å². The van der Waals surface area contributed by atoms with Crippen LogP contribution in [0.1, 0.15) is 43.5 Å². The summed E-state index contributed by atoms with van der Waals surface area (Å²) in [4.78, 5) is 22.7. The first-order valence-corrected chi connectivity index (χ1v) is 5.59. The summed E-state index contributed by atoms with van der Waals surface area (Å²) >= 11 is 0.